The third-order valence-electron chi connectivity index (χ3n) is 2.87. The van der Waals surface area contributed by atoms with Gasteiger partial charge >= 0.3 is 0 Å². The lowest BCUT2D eigenvalue weighted by Gasteiger charge is -2.15. The number of halogens is 3. The summed E-state index contributed by atoms with van der Waals surface area (Å²) in [4.78, 5) is 1.08. The number of nitrogens with two attached hydrogens (primary N) is 1. The van der Waals surface area contributed by atoms with Crippen LogP contribution >= 0.6 is 27.7 Å². The van der Waals surface area contributed by atoms with E-state index in [9.17, 15) is 8.78 Å². The first-order chi connectivity index (χ1) is 9.04. The van der Waals surface area contributed by atoms with Gasteiger partial charge < -0.3 is 5.73 Å². The minimum absolute atomic E-state index is 0.119. The van der Waals surface area contributed by atoms with E-state index < -0.39 is 17.7 Å². The maximum Gasteiger partial charge on any atom is 0.145 e. The van der Waals surface area contributed by atoms with Gasteiger partial charge in [-0.05, 0) is 52.0 Å². The first kappa shape index (κ1) is 14.5. The maximum absolute atomic E-state index is 14.0. The van der Waals surface area contributed by atoms with Crippen molar-refractivity contribution in [1.29, 1.82) is 0 Å². The van der Waals surface area contributed by atoms with Crippen molar-refractivity contribution in [3.05, 3.63) is 63.6 Å². The zero-order valence-corrected chi connectivity index (χ0v) is 12.6. The van der Waals surface area contributed by atoms with Crippen LogP contribution in [-0.4, -0.2) is 6.26 Å². The summed E-state index contributed by atoms with van der Waals surface area (Å²) in [5.74, 6) is -1.29. The molecule has 1 nitrogen and oxygen atoms in total. The lowest BCUT2D eigenvalue weighted by Crippen LogP contribution is -2.16. The van der Waals surface area contributed by atoms with Crippen LogP contribution in [0.5, 0.6) is 0 Å². The standard InChI is InChI=1S/C14H12BrF2NS/c1-19-9-4-2-8(3-5-9)14(18)12-11(16)7-6-10(15)13(12)17/h2-7,14H,18H2,1H3. The summed E-state index contributed by atoms with van der Waals surface area (Å²) < 4.78 is 27.9. The molecule has 0 saturated carbocycles. The van der Waals surface area contributed by atoms with Crippen molar-refractivity contribution in [3.8, 4) is 0 Å². The molecule has 0 heterocycles. The van der Waals surface area contributed by atoms with Crippen LogP contribution in [-0.2, 0) is 0 Å². The van der Waals surface area contributed by atoms with Crippen LogP contribution in [0.15, 0.2) is 45.8 Å². The van der Waals surface area contributed by atoms with Gasteiger partial charge in [-0.1, -0.05) is 12.1 Å². The highest BCUT2D eigenvalue weighted by atomic mass is 79.9. The molecular formula is C14H12BrF2NS. The lowest BCUT2D eigenvalue weighted by molar-refractivity contribution is 0.539. The molecule has 0 spiro atoms. The fraction of sp³-hybridized carbons (Fsp3) is 0.143. The molecule has 0 amide bonds. The van der Waals surface area contributed by atoms with Crippen molar-refractivity contribution in [2.75, 3.05) is 6.26 Å². The summed E-state index contributed by atoms with van der Waals surface area (Å²) in [6.07, 6.45) is 1.96. The Morgan fingerprint density at radius 1 is 1.11 bits per heavy atom. The Kier molecular flexibility index (Phi) is 4.60. The third-order valence-corrected chi connectivity index (χ3v) is 4.22. The summed E-state index contributed by atoms with van der Waals surface area (Å²) in [6.45, 7) is 0. The van der Waals surface area contributed by atoms with Crippen LogP contribution in [0.1, 0.15) is 17.2 Å². The van der Waals surface area contributed by atoms with E-state index in [1.165, 1.54) is 12.1 Å². The molecule has 2 rings (SSSR count). The second-order valence-corrected chi connectivity index (χ2v) is 5.74. The molecule has 2 aromatic carbocycles. The van der Waals surface area contributed by atoms with E-state index in [1.807, 2.05) is 18.4 Å². The van der Waals surface area contributed by atoms with Crippen molar-refractivity contribution in [3.63, 3.8) is 0 Å². The highest BCUT2D eigenvalue weighted by Gasteiger charge is 2.20. The van der Waals surface area contributed by atoms with Gasteiger partial charge in [-0.25, -0.2) is 8.78 Å². The van der Waals surface area contributed by atoms with Gasteiger partial charge in [0.1, 0.15) is 11.6 Å². The quantitative estimate of drug-likeness (QED) is 0.656. The van der Waals surface area contributed by atoms with Gasteiger partial charge in [0.05, 0.1) is 10.5 Å². The number of hydrogen-bond acceptors (Lipinski definition) is 2. The van der Waals surface area contributed by atoms with E-state index in [-0.39, 0.29) is 10.0 Å². The topological polar surface area (TPSA) is 26.0 Å². The summed E-state index contributed by atoms with van der Waals surface area (Å²) >= 11 is 4.64. The molecule has 1 unspecified atom stereocenters. The normalized spacial score (nSPS) is 12.5. The Labute approximate surface area is 123 Å². The zero-order chi connectivity index (χ0) is 14.0. The van der Waals surface area contributed by atoms with Crippen LogP contribution < -0.4 is 5.73 Å². The first-order valence-corrected chi connectivity index (χ1v) is 7.59. The van der Waals surface area contributed by atoms with Gasteiger partial charge in [-0.2, -0.15) is 0 Å². The first-order valence-electron chi connectivity index (χ1n) is 5.57. The Morgan fingerprint density at radius 3 is 2.32 bits per heavy atom. The SMILES string of the molecule is CSc1ccc(C(N)c2c(F)ccc(Br)c2F)cc1. The van der Waals surface area contributed by atoms with Gasteiger partial charge in [-0.15, -0.1) is 11.8 Å². The van der Waals surface area contributed by atoms with E-state index in [2.05, 4.69) is 15.9 Å². The predicted octanol–water partition coefficient (Wildman–Crippen LogP) is 4.50. The minimum atomic E-state index is -0.826. The number of benzene rings is 2. The summed E-state index contributed by atoms with van der Waals surface area (Å²) in [5, 5.41) is 0. The van der Waals surface area contributed by atoms with E-state index in [0.717, 1.165) is 4.90 Å². The van der Waals surface area contributed by atoms with Crippen molar-refractivity contribution >= 4 is 27.7 Å². The molecule has 0 bridgehead atoms. The molecular weight excluding hydrogens is 332 g/mol. The zero-order valence-electron chi connectivity index (χ0n) is 10.2. The molecule has 19 heavy (non-hydrogen) atoms. The number of hydrogen-bond donors (Lipinski definition) is 1. The summed E-state index contributed by atoms with van der Waals surface area (Å²) in [7, 11) is 0. The van der Waals surface area contributed by atoms with Gasteiger partial charge in [-0.3, -0.25) is 0 Å². The molecule has 0 aromatic heterocycles. The Morgan fingerprint density at radius 2 is 1.74 bits per heavy atom. The molecule has 0 aliphatic rings. The molecule has 2 aromatic rings. The second kappa shape index (κ2) is 6.03. The Bertz CT molecular complexity index is 587. The maximum atomic E-state index is 14.0. The van der Waals surface area contributed by atoms with Crippen LogP contribution in [0.2, 0.25) is 0 Å². The van der Waals surface area contributed by atoms with Crippen molar-refractivity contribution in [1.82, 2.24) is 0 Å². The van der Waals surface area contributed by atoms with Crippen molar-refractivity contribution < 1.29 is 8.78 Å². The molecule has 0 fully saturated rings. The van der Waals surface area contributed by atoms with Gasteiger partial charge in [0.2, 0.25) is 0 Å². The van der Waals surface area contributed by atoms with Crippen molar-refractivity contribution in [2.45, 2.75) is 10.9 Å². The molecule has 100 valence electrons. The van der Waals surface area contributed by atoms with Crippen LogP contribution in [0, 0.1) is 11.6 Å². The average Bonchev–Trinajstić information content (AvgIpc) is 2.43. The average molecular weight is 344 g/mol. The van der Waals surface area contributed by atoms with E-state index >= 15 is 0 Å². The summed E-state index contributed by atoms with van der Waals surface area (Å²) in [6, 6.07) is 9.05. The van der Waals surface area contributed by atoms with Crippen molar-refractivity contribution in [2.24, 2.45) is 5.73 Å². The number of thioether (sulfide) groups is 1. The van der Waals surface area contributed by atoms with Crippen LogP contribution in [0.4, 0.5) is 8.78 Å². The molecule has 0 aliphatic carbocycles. The fourth-order valence-electron chi connectivity index (χ4n) is 1.81. The number of rotatable bonds is 3. The van der Waals surface area contributed by atoms with Crippen LogP contribution in [0.25, 0.3) is 0 Å². The smallest absolute Gasteiger partial charge is 0.145 e. The minimum Gasteiger partial charge on any atom is -0.320 e. The van der Waals surface area contributed by atoms with Crippen LogP contribution in [0.3, 0.4) is 0 Å². The largest absolute Gasteiger partial charge is 0.320 e. The van der Waals surface area contributed by atoms with E-state index in [0.29, 0.717) is 5.56 Å². The Balaban J connectivity index is 2.43. The Hall–Kier alpha value is -0.910. The molecule has 0 radical (unpaired) electrons. The monoisotopic (exact) mass is 343 g/mol. The van der Waals surface area contributed by atoms with Gasteiger partial charge in [0.15, 0.2) is 0 Å². The van der Waals surface area contributed by atoms with Gasteiger partial charge in [0.25, 0.3) is 0 Å². The summed E-state index contributed by atoms with van der Waals surface area (Å²) in [5.41, 5.74) is 6.53. The lowest BCUT2D eigenvalue weighted by atomic mass is 9.99. The second-order valence-electron chi connectivity index (χ2n) is 4.01. The molecule has 2 N–H and O–H groups in total. The third kappa shape index (κ3) is 2.99. The van der Waals surface area contributed by atoms with E-state index in [4.69, 9.17) is 5.73 Å². The fourth-order valence-corrected chi connectivity index (χ4v) is 2.56. The molecule has 0 aliphatic heterocycles. The van der Waals surface area contributed by atoms with Gasteiger partial charge in [0, 0.05) is 10.5 Å². The predicted molar refractivity (Wildman–Crippen MR) is 78.3 cm³/mol. The molecule has 0 saturated heterocycles. The highest BCUT2D eigenvalue weighted by Crippen LogP contribution is 2.30. The molecule has 5 heteroatoms. The molecule has 1 atom stereocenters. The van der Waals surface area contributed by atoms with E-state index in [1.54, 1.807) is 23.9 Å². The highest BCUT2D eigenvalue weighted by molar-refractivity contribution is 9.10.